The zero-order chi connectivity index (χ0) is 12.1. The lowest BCUT2D eigenvalue weighted by atomic mass is 10.2. The van der Waals surface area contributed by atoms with E-state index in [1.54, 1.807) is 30.1 Å². The van der Waals surface area contributed by atoms with Gasteiger partial charge in [-0.1, -0.05) is 6.07 Å². The van der Waals surface area contributed by atoms with Crippen molar-refractivity contribution in [2.75, 3.05) is 34.2 Å². The minimum absolute atomic E-state index is 0.0715. The van der Waals surface area contributed by atoms with Crippen LogP contribution < -0.4 is 0 Å². The molecule has 0 aromatic heterocycles. The zero-order valence-corrected chi connectivity index (χ0v) is 9.97. The number of hydrogen-bond acceptors (Lipinski definition) is 3. The average Bonchev–Trinajstić information content (AvgIpc) is 2.24. The third-order valence-electron chi connectivity index (χ3n) is 2.32. The summed E-state index contributed by atoms with van der Waals surface area (Å²) in [6.45, 7) is 1.49. The molecule has 0 aliphatic rings. The SMILES string of the molecule is CN(C)CCN(C)C(=O)c1cccc(O)c1. The van der Waals surface area contributed by atoms with Gasteiger partial charge in [0.15, 0.2) is 0 Å². The van der Waals surface area contributed by atoms with E-state index in [4.69, 9.17) is 0 Å². The molecule has 16 heavy (non-hydrogen) atoms. The summed E-state index contributed by atoms with van der Waals surface area (Å²) in [7, 11) is 5.69. The van der Waals surface area contributed by atoms with Crippen LogP contribution in [0.4, 0.5) is 0 Å². The maximum absolute atomic E-state index is 11.9. The predicted octanol–water partition coefficient (Wildman–Crippen LogP) is 1.03. The molecule has 0 radical (unpaired) electrons. The maximum Gasteiger partial charge on any atom is 0.253 e. The highest BCUT2D eigenvalue weighted by Gasteiger charge is 2.11. The second kappa shape index (κ2) is 5.51. The van der Waals surface area contributed by atoms with Crippen molar-refractivity contribution in [3.8, 4) is 5.75 Å². The Kier molecular flexibility index (Phi) is 4.31. The monoisotopic (exact) mass is 222 g/mol. The van der Waals surface area contributed by atoms with Gasteiger partial charge in [0.1, 0.15) is 5.75 Å². The van der Waals surface area contributed by atoms with Crippen LogP contribution >= 0.6 is 0 Å². The largest absolute Gasteiger partial charge is 0.508 e. The lowest BCUT2D eigenvalue weighted by molar-refractivity contribution is 0.0786. The highest BCUT2D eigenvalue weighted by molar-refractivity contribution is 5.94. The number of carbonyl (C=O) groups excluding carboxylic acids is 1. The first-order valence-electron chi connectivity index (χ1n) is 5.20. The summed E-state index contributed by atoms with van der Waals surface area (Å²) in [5, 5.41) is 9.28. The fourth-order valence-corrected chi connectivity index (χ4v) is 1.31. The van der Waals surface area contributed by atoms with Crippen molar-refractivity contribution in [3.63, 3.8) is 0 Å². The minimum Gasteiger partial charge on any atom is -0.508 e. The van der Waals surface area contributed by atoms with Crippen molar-refractivity contribution >= 4 is 5.91 Å². The van der Waals surface area contributed by atoms with E-state index in [1.807, 2.05) is 19.0 Å². The normalized spacial score (nSPS) is 10.5. The van der Waals surface area contributed by atoms with Gasteiger partial charge in [0.05, 0.1) is 0 Å². The highest BCUT2D eigenvalue weighted by Crippen LogP contribution is 2.12. The van der Waals surface area contributed by atoms with Gasteiger partial charge in [0.25, 0.3) is 5.91 Å². The highest BCUT2D eigenvalue weighted by atomic mass is 16.3. The van der Waals surface area contributed by atoms with E-state index in [1.165, 1.54) is 6.07 Å². The number of nitrogens with zero attached hydrogens (tertiary/aromatic N) is 2. The molecule has 1 amide bonds. The average molecular weight is 222 g/mol. The van der Waals surface area contributed by atoms with E-state index in [9.17, 15) is 9.90 Å². The van der Waals surface area contributed by atoms with E-state index >= 15 is 0 Å². The summed E-state index contributed by atoms with van der Waals surface area (Å²) < 4.78 is 0. The number of aromatic hydroxyl groups is 1. The van der Waals surface area contributed by atoms with Crippen molar-refractivity contribution in [1.82, 2.24) is 9.80 Å². The van der Waals surface area contributed by atoms with Gasteiger partial charge >= 0.3 is 0 Å². The third-order valence-corrected chi connectivity index (χ3v) is 2.32. The summed E-state index contributed by atoms with van der Waals surface area (Å²) in [5.41, 5.74) is 0.515. The third kappa shape index (κ3) is 3.55. The van der Waals surface area contributed by atoms with Crippen LogP contribution in [0.3, 0.4) is 0 Å². The van der Waals surface area contributed by atoms with Crippen LogP contribution in [-0.2, 0) is 0 Å². The fourth-order valence-electron chi connectivity index (χ4n) is 1.31. The first-order valence-corrected chi connectivity index (χ1v) is 5.20. The lowest BCUT2D eigenvalue weighted by Crippen LogP contribution is -2.33. The molecule has 88 valence electrons. The van der Waals surface area contributed by atoms with Crippen molar-refractivity contribution in [2.45, 2.75) is 0 Å². The summed E-state index contributed by atoms with van der Waals surface area (Å²) in [6, 6.07) is 6.40. The van der Waals surface area contributed by atoms with Crippen molar-refractivity contribution in [3.05, 3.63) is 29.8 Å². The molecule has 0 saturated carbocycles. The molecule has 0 spiro atoms. The number of phenols is 1. The predicted molar refractivity (Wildman–Crippen MR) is 63.6 cm³/mol. The number of rotatable bonds is 4. The van der Waals surface area contributed by atoms with Gasteiger partial charge in [-0.15, -0.1) is 0 Å². The second-order valence-corrected chi connectivity index (χ2v) is 4.08. The van der Waals surface area contributed by atoms with Crippen LogP contribution in [-0.4, -0.2) is 55.0 Å². The van der Waals surface area contributed by atoms with E-state index in [2.05, 4.69) is 0 Å². The molecule has 1 aromatic rings. The number of carbonyl (C=O) groups is 1. The van der Waals surface area contributed by atoms with E-state index < -0.39 is 0 Å². The van der Waals surface area contributed by atoms with Gasteiger partial charge in [0.2, 0.25) is 0 Å². The van der Waals surface area contributed by atoms with Crippen LogP contribution in [0.1, 0.15) is 10.4 Å². The molecule has 0 heterocycles. The molecule has 0 fully saturated rings. The Morgan fingerprint density at radius 3 is 2.50 bits per heavy atom. The zero-order valence-electron chi connectivity index (χ0n) is 9.97. The Morgan fingerprint density at radius 2 is 1.94 bits per heavy atom. The van der Waals surface area contributed by atoms with Gasteiger partial charge in [-0.05, 0) is 32.3 Å². The van der Waals surface area contributed by atoms with E-state index in [0.29, 0.717) is 12.1 Å². The molecule has 1 N–H and O–H groups in total. The number of benzene rings is 1. The van der Waals surface area contributed by atoms with Crippen LogP contribution in [0.5, 0.6) is 5.75 Å². The quantitative estimate of drug-likeness (QED) is 0.827. The topological polar surface area (TPSA) is 43.8 Å². The molecule has 4 nitrogen and oxygen atoms in total. The van der Waals surface area contributed by atoms with Crippen LogP contribution in [0.15, 0.2) is 24.3 Å². The summed E-state index contributed by atoms with van der Waals surface area (Å²) in [6.07, 6.45) is 0. The van der Waals surface area contributed by atoms with Crippen molar-refractivity contribution in [1.29, 1.82) is 0 Å². The Hall–Kier alpha value is -1.55. The molecule has 4 heteroatoms. The van der Waals surface area contributed by atoms with Crippen LogP contribution in [0.2, 0.25) is 0 Å². The Bertz CT molecular complexity index is 364. The number of likely N-dealkylation sites (N-methyl/N-ethyl adjacent to an activating group) is 2. The molecule has 0 unspecified atom stereocenters. The number of hydrogen-bond donors (Lipinski definition) is 1. The molecule has 1 rings (SSSR count). The van der Waals surface area contributed by atoms with E-state index in [0.717, 1.165) is 6.54 Å². The molecule has 0 aliphatic heterocycles. The molecular weight excluding hydrogens is 204 g/mol. The molecule has 1 aromatic carbocycles. The van der Waals surface area contributed by atoms with Crippen LogP contribution in [0.25, 0.3) is 0 Å². The smallest absolute Gasteiger partial charge is 0.253 e. The Balaban J connectivity index is 2.63. The Labute approximate surface area is 96.1 Å². The molecular formula is C12H18N2O2. The first kappa shape index (κ1) is 12.5. The van der Waals surface area contributed by atoms with Gasteiger partial charge in [0, 0.05) is 25.7 Å². The maximum atomic E-state index is 11.9. The van der Waals surface area contributed by atoms with Crippen molar-refractivity contribution < 1.29 is 9.90 Å². The van der Waals surface area contributed by atoms with E-state index in [-0.39, 0.29) is 11.7 Å². The Morgan fingerprint density at radius 1 is 1.25 bits per heavy atom. The molecule has 0 bridgehead atoms. The minimum atomic E-state index is -0.0715. The van der Waals surface area contributed by atoms with Gasteiger partial charge < -0.3 is 14.9 Å². The van der Waals surface area contributed by atoms with Gasteiger partial charge in [-0.3, -0.25) is 4.79 Å². The van der Waals surface area contributed by atoms with Crippen molar-refractivity contribution in [2.24, 2.45) is 0 Å². The molecule has 0 atom stereocenters. The number of phenolic OH excluding ortho intramolecular Hbond substituents is 1. The molecule has 0 aliphatic carbocycles. The van der Waals surface area contributed by atoms with Gasteiger partial charge in [-0.2, -0.15) is 0 Å². The summed E-state index contributed by atoms with van der Waals surface area (Å²) >= 11 is 0. The standard InChI is InChI=1S/C12H18N2O2/c1-13(2)7-8-14(3)12(16)10-5-4-6-11(15)9-10/h4-6,9,15H,7-8H2,1-3H3. The fraction of sp³-hybridized carbons (Fsp3) is 0.417. The summed E-state index contributed by atoms with van der Waals surface area (Å²) in [5.74, 6) is 0.0459. The summed E-state index contributed by atoms with van der Waals surface area (Å²) in [4.78, 5) is 15.6. The van der Waals surface area contributed by atoms with Crippen LogP contribution in [0, 0.1) is 0 Å². The second-order valence-electron chi connectivity index (χ2n) is 4.08. The first-order chi connectivity index (χ1) is 7.50. The van der Waals surface area contributed by atoms with Gasteiger partial charge in [-0.25, -0.2) is 0 Å². The number of amides is 1. The molecule has 0 saturated heterocycles. The lowest BCUT2D eigenvalue weighted by Gasteiger charge is -2.19.